The molecule has 2 heteroatoms. The van der Waals surface area contributed by atoms with E-state index < -0.39 is 0 Å². The molecule has 1 heterocycles. The minimum Gasteiger partial charge on any atom is -0.508 e. The molecule has 4 rings (SSSR count). The van der Waals surface area contributed by atoms with Crippen LogP contribution < -0.4 is 0 Å². The maximum absolute atomic E-state index is 9.63. The van der Waals surface area contributed by atoms with Crippen molar-refractivity contribution in [3.05, 3.63) is 29.3 Å². The molecule has 1 saturated carbocycles. The second kappa shape index (κ2) is 4.52. The van der Waals surface area contributed by atoms with Crippen molar-refractivity contribution in [2.75, 3.05) is 6.54 Å². The lowest BCUT2D eigenvalue weighted by Crippen LogP contribution is -2.44. The highest BCUT2D eigenvalue weighted by atomic mass is 16.3. The van der Waals surface area contributed by atoms with Gasteiger partial charge in [-0.25, -0.2) is 0 Å². The smallest absolute Gasteiger partial charge is 0.115 e. The Morgan fingerprint density at radius 2 is 1.95 bits per heavy atom. The summed E-state index contributed by atoms with van der Waals surface area (Å²) in [4.78, 5) is 2.81. The zero-order valence-electron chi connectivity index (χ0n) is 11.5. The van der Waals surface area contributed by atoms with Gasteiger partial charge in [0.05, 0.1) is 0 Å². The van der Waals surface area contributed by atoms with Crippen LogP contribution in [0.25, 0.3) is 0 Å². The standard InChI is InChI=1S/C17H23NO/c19-14-7-8-15-13(11-14)6-9-17(15)18-10-2-4-12-3-1-5-16(12)18/h7-8,11-12,16-17,19H,1-6,9-10H2. The van der Waals surface area contributed by atoms with Crippen LogP contribution in [-0.2, 0) is 6.42 Å². The van der Waals surface area contributed by atoms with Crippen molar-refractivity contribution in [1.82, 2.24) is 4.90 Å². The van der Waals surface area contributed by atoms with Crippen molar-refractivity contribution in [3.8, 4) is 5.75 Å². The van der Waals surface area contributed by atoms with E-state index >= 15 is 0 Å². The lowest BCUT2D eigenvalue weighted by atomic mass is 9.89. The van der Waals surface area contributed by atoms with E-state index in [1.165, 1.54) is 56.2 Å². The van der Waals surface area contributed by atoms with Crippen LogP contribution in [0.15, 0.2) is 18.2 Å². The molecule has 0 amide bonds. The first kappa shape index (κ1) is 11.8. The molecule has 0 aromatic heterocycles. The van der Waals surface area contributed by atoms with Crippen LogP contribution in [0.5, 0.6) is 5.75 Å². The first-order valence-corrected chi connectivity index (χ1v) is 7.90. The molecule has 1 N–H and O–H groups in total. The third-order valence-electron chi connectivity index (χ3n) is 5.61. The SMILES string of the molecule is Oc1ccc2c(c1)CCC2N1CCCC2CCCC21. The average Bonchev–Trinajstić information content (AvgIpc) is 3.03. The normalized spacial score (nSPS) is 34.2. The molecule has 3 atom stereocenters. The van der Waals surface area contributed by atoms with E-state index in [1.807, 2.05) is 12.1 Å². The number of phenols is 1. The Labute approximate surface area is 115 Å². The van der Waals surface area contributed by atoms with Crippen molar-refractivity contribution < 1.29 is 5.11 Å². The monoisotopic (exact) mass is 257 g/mol. The molecular formula is C17H23NO. The number of fused-ring (bicyclic) bond motifs is 2. The lowest BCUT2D eigenvalue weighted by molar-refractivity contribution is 0.0672. The second-order valence-electron chi connectivity index (χ2n) is 6.58. The number of rotatable bonds is 1. The van der Waals surface area contributed by atoms with Crippen molar-refractivity contribution >= 4 is 0 Å². The molecular weight excluding hydrogens is 234 g/mol. The van der Waals surface area contributed by atoms with Crippen molar-refractivity contribution in [3.63, 3.8) is 0 Å². The third-order valence-corrected chi connectivity index (χ3v) is 5.61. The summed E-state index contributed by atoms with van der Waals surface area (Å²) in [6.07, 6.45) is 9.53. The Hall–Kier alpha value is -1.02. The van der Waals surface area contributed by atoms with Gasteiger partial charge >= 0.3 is 0 Å². The maximum atomic E-state index is 9.63. The van der Waals surface area contributed by atoms with Gasteiger partial charge in [-0.1, -0.05) is 12.5 Å². The van der Waals surface area contributed by atoms with Gasteiger partial charge in [0.2, 0.25) is 0 Å². The van der Waals surface area contributed by atoms with E-state index in [4.69, 9.17) is 0 Å². The van der Waals surface area contributed by atoms with Gasteiger partial charge in [0.1, 0.15) is 5.75 Å². The molecule has 102 valence electrons. The first-order valence-electron chi connectivity index (χ1n) is 7.90. The summed E-state index contributed by atoms with van der Waals surface area (Å²) >= 11 is 0. The summed E-state index contributed by atoms with van der Waals surface area (Å²) in [5.41, 5.74) is 2.87. The number of likely N-dealkylation sites (tertiary alicyclic amines) is 1. The Balaban J connectivity index is 1.64. The Morgan fingerprint density at radius 3 is 2.89 bits per heavy atom. The summed E-state index contributed by atoms with van der Waals surface area (Å²) in [5, 5.41) is 9.63. The predicted molar refractivity (Wildman–Crippen MR) is 76.2 cm³/mol. The van der Waals surface area contributed by atoms with E-state index in [0.717, 1.165) is 18.4 Å². The summed E-state index contributed by atoms with van der Waals surface area (Å²) in [5.74, 6) is 1.40. The quantitative estimate of drug-likeness (QED) is 0.830. The van der Waals surface area contributed by atoms with Gasteiger partial charge in [-0.05, 0) is 74.2 Å². The number of piperidine rings is 1. The van der Waals surface area contributed by atoms with Crippen molar-refractivity contribution in [2.45, 2.75) is 57.0 Å². The molecule has 3 unspecified atom stereocenters. The molecule has 3 aliphatic rings. The van der Waals surface area contributed by atoms with Crippen LogP contribution in [0.3, 0.4) is 0 Å². The fraction of sp³-hybridized carbons (Fsp3) is 0.647. The molecule has 2 fully saturated rings. The highest BCUT2D eigenvalue weighted by Gasteiger charge is 2.40. The van der Waals surface area contributed by atoms with E-state index in [0.29, 0.717) is 11.8 Å². The summed E-state index contributed by atoms with van der Waals surface area (Å²) in [6, 6.07) is 7.49. The molecule has 0 radical (unpaired) electrons. The molecule has 0 spiro atoms. The highest BCUT2D eigenvalue weighted by Crippen LogP contribution is 2.45. The predicted octanol–water partition coefficient (Wildman–Crippen LogP) is 3.64. The molecule has 2 aliphatic carbocycles. The Kier molecular flexibility index (Phi) is 2.80. The van der Waals surface area contributed by atoms with Crippen LogP contribution in [0.1, 0.15) is 55.7 Å². The zero-order chi connectivity index (χ0) is 12.8. The Morgan fingerprint density at radius 1 is 1.05 bits per heavy atom. The van der Waals surface area contributed by atoms with Crippen molar-refractivity contribution in [2.24, 2.45) is 5.92 Å². The molecule has 1 aliphatic heterocycles. The number of aryl methyl sites for hydroxylation is 1. The van der Waals surface area contributed by atoms with Crippen LogP contribution in [0.2, 0.25) is 0 Å². The van der Waals surface area contributed by atoms with Gasteiger partial charge in [0.15, 0.2) is 0 Å². The number of aromatic hydroxyl groups is 1. The van der Waals surface area contributed by atoms with Crippen molar-refractivity contribution in [1.29, 1.82) is 0 Å². The van der Waals surface area contributed by atoms with Gasteiger partial charge in [0.25, 0.3) is 0 Å². The third kappa shape index (κ3) is 1.88. The molecule has 19 heavy (non-hydrogen) atoms. The minimum absolute atomic E-state index is 0.428. The minimum atomic E-state index is 0.428. The molecule has 1 saturated heterocycles. The fourth-order valence-electron chi connectivity index (χ4n) is 4.81. The largest absolute Gasteiger partial charge is 0.508 e. The molecule has 1 aromatic rings. The van der Waals surface area contributed by atoms with E-state index in [1.54, 1.807) is 0 Å². The number of benzene rings is 1. The van der Waals surface area contributed by atoms with E-state index in [2.05, 4.69) is 11.0 Å². The fourth-order valence-corrected chi connectivity index (χ4v) is 4.81. The molecule has 2 nitrogen and oxygen atoms in total. The van der Waals surface area contributed by atoms with Gasteiger partial charge in [0, 0.05) is 12.1 Å². The topological polar surface area (TPSA) is 23.5 Å². The zero-order valence-corrected chi connectivity index (χ0v) is 11.5. The summed E-state index contributed by atoms with van der Waals surface area (Å²) < 4.78 is 0. The highest BCUT2D eigenvalue weighted by molar-refractivity contribution is 5.40. The van der Waals surface area contributed by atoms with Crippen LogP contribution in [-0.4, -0.2) is 22.6 Å². The summed E-state index contributed by atoms with van der Waals surface area (Å²) in [7, 11) is 0. The second-order valence-corrected chi connectivity index (χ2v) is 6.58. The van der Waals surface area contributed by atoms with Gasteiger partial charge in [-0.2, -0.15) is 0 Å². The lowest BCUT2D eigenvalue weighted by Gasteiger charge is -2.42. The summed E-state index contributed by atoms with van der Waals surface area (Å²) in [6.45, 7) is 1.28. The Bertz CT molecular complexity index is 484. The first-order chi connectivity index (χ1) is 9.33. The molecule has 1 aromatic carbocycles. The molecule has 0 bridgehead atoms. The van der Waals surface area contributed by atoms with Gasteiger partial charge in [-0.3, -0.25) is 4.90 Å². The van der Waals surface area contributed by atoms with Gasteiger partial charge < -0.3 is 5.11 Å². The van der Waals surface area contributed by atoms with Crippen LogP contribution >= 0.6 is 0 Å². The number of phenolic OH excluding ortho intramolecular Hbond substituents is 1. The van der Waals surface area contributed by atoms with E-state index in [-0.39, 0.29) is 0 Å². The van der Waals surface area contributed by atoms with Gasteiger partial charge in [-0.15, -0.1) is 0 Å². The maximum Gasteiger partial charge on any atom is 0.115 e. The van der Waals surface area contributed by atoms with Crippen LogP contribution in [0.4, 0.5) is 0 Å². The van der Waals surface area contributed by atoms with Crippen LogP contribution in [0, 0.1) is 5.92 Å². The average molecular weight is 257 g/mol. The number of hydrogen-bond donors (Lipinski definition) is 1. The number of nitrogens with zero attached hydrogens (tertiary/aromatic N) is 1. The number of hydrogen-bond acceptors (Lipinski definition) is 2. The van der Waals surface area contributed by atoms with E-state index in [9.17, 15) is 5.11 Å².